The molecule has 1 unspecified atom stereocenters. The van der Waals surface area contributed by atoms with Gasteiger partial charge in [0.05, 0.1) is 0 Å². The molecule has 3 heteroatoms. The van der Waals surface area contributed by atoms with E-state index in [1.807, 2.05) is 11.9 Å². The van der Waals surface area contributed by atoms with E-state index in [-0.39, 0.29) is 0 Å². The number of alkyl halides is 1. The molecule has 0 aromatic heterocycles. The molecule has 1 rings (SSSR count). The first-order valence-electron chi connectivity index (χ1n) is 4.47. The molecular weight excluding hydrogens is 218 g/mol. The number of rotatable bonds is 4. The predicted octanol–water partition coefficient (Wildman–Crippen LogP) is 2.03. The fraction of sp³-hybridized carbons (Fsp3) is 0.889. The van der Waals surface area contributed by atoms with Crippen molar-refractivity contribution < 1.29 is 4.79 Å². The van der Waals surface area contributed by atoms with Crippen molar-refractivity contribution >= 4 is 21.8 Å². The Morgan fingerprint density at radius 2 is 2.25 bits per heavy atom. The maximum absolute atomic E-state index is 11.4. The van der Waals surface area contributed by atoms with Crippen LogP contribution in [-0.2, 0) is 4.79 Å². The third-order valence-corrected chi connectivity index (χ3v) is 2.40. The highest BCUT2D eigenvalue weighted by Gasteiger charge is 2.25. The van der Waals surface area contributed by atoms with Gasteiger partial charge in [-0.15, -0.1) is 0 Å². The van der Waals surface area contributed by atoms with Crippen LogP contribution in [0.2, 0.25) is 0 Å². The summed E-state index contributed by atoms with van der Waals surface area (Å²) in [6, 6.07) is 0. The summed E-state index contributed by atoms with van der Waals surface area (Å²) in [5.74, 6) is 0.995. The van der Waals surface area contributed by atoms with Crippen molar-refractivity contribution in [1.82, 2.24) is 4.90 Å². The van der Waals surface area contributed by atoms with Gasteiger partial charge < -0.3 is 4.90 Å². The van der Waals surface area contributed by atoms with Gasteiger partial charge in [0.15, 0.2) is 0 Å². The smallest absolute Gasteiger partial charge is 0.222 e. The molecule has 1 fully saturated rings. The zero-order valence-corrected chi connectivity index (χ0v) is 9.30. The lowest BCUT2D eigenvalue weighted by atomic mass is 10.2. The molecule has 0 N–H and O–H groups in total. The summed E-state index contributed by atoms with van der Waals surface area (Å²) in [7, 11) is 1.88. The van der Waals surface area contributed by atoms with Crippen LogP contribution in [0, 0.1) is 5.92 Å². The molecular formula is C9H16BrNO. The second kappa shape index (κ2) is 4.26. The van der Waals surface area contributed by atoms with Crippen LogP contribution in [0.3, 0.4) is 0 Å². The minimum atomic E-state index is 0.295. The van der Waals surface area contributed by atoms with Gasteiger partial charge in [0.1, 0.15) is 0 Å². The first-order valence-corrected chi connectivity index (χ1v) is 5.39. The van der Waals surface area contributed by atoms with Crippen LogP contribution < -0.4 is 0 Å². The zero-order chi connectivity index (χ0) is 9.14. The lowest BCUT2D eigenvalue weighted by molar-refractivity contribution is -0.130. The van der Waals surface area contributed by atoms with Crippen molar-refractivity contribution in [2.45, 2.75) is 31.0 Å². The second-order valence-corrected chi connectivity index (χ2v) is 5.27. The Labute approximate surface area is 82.4 Å². The van der Waals surface area contributed by atoms with Crippen molar-refractivity contribution in [3.05, 3.63) is 0 Å². The summed E-state index contributed by atoms with van der Waals surface area (Å²) >= 11 is 3.43. The molecule has 0 aromatic rings. The number of hydrogen-bond acceptors (Lipinski definition) is 1. The molecule has 1 saturated carbocycles. The van der Waals surface area contributed by atoms with Crippen LogP contribution in [0.4, 0.5) is 0 Å². The molecule has 0 aromatic carbocycles. The SMILES string of the molecule is CC(Br)CN(C)C(=O)CC1CC1. The molecule has 0 aliphatic heterocycles. The van der Waals surface area contributed by atoms with Crippen LogP contribution in [0.1, 0.15) is 26.2 Å². The van der Waals surface area contributed by atoms with Gasteiger partial charge in [0.25, 0.3) is 0 Å². The summed E-state index contributed by atoms with van der Waals surface area (Å²) in [6.07, 6.45) is 3.27. The summed E-state index contributed by atoms with van der Waals surface area (Å²) in [5, 5.41) is 0. The van der Waals surface area contributed by atoms with Crippen molar-refractivity contribution in [3.63, 3.8) is 0 Å². The normalized spacial score (nSPS) is 18.9. The van der Waals surface area contributed by atoms with Crippen molar-refractivity contribution in [1.29, 1.82) is 0 Å². The first kappa shape index (κ1) is 10.0. The maximum atomic E-state index is 11.4. The second-order valence-electron chi connectivity index (χ2n) is 3.70. The molecule has 70 valence electrons. The predicted molar refractivity (Wildman–Crippen MR) is 53.4 cm³/mol. The van der Waals surface area contributed by atoms with E-state index in [1.165, 1.54) is 12.8 Å². The highest BCUT2D eigenvalue weighted by molar-refractivity contribution is 9.09. The van der Waals surface area contributed by atoms with Gasteiger partial charge in [-0.3, -0.25) is 4.79 Å². The number of hydrogen-bond donors (Lipinski definition) is 0. The van der Waals surface area contributed by atoms with Crippen LogP contribution in [0.15, 0.2) is 0 Å². The van der Waals surface area contributed by atoms with Crippen molar-refractivity contribution in [2.24, 2.45) is 5.92 Å². The van der Waals surface area contributed by atoms with E-state index in [1.54, 1.807) is 0 Å². The molecule has 1 aliphatic rings. The molecule has 2 nitrogen and oxygen atoms in total. The Bertz CT molecular complexity index is 166. The molecule has 0 radical (unpaired) electrons. The fourth-order valence-corrected chi connectivity index (χ4v) is 1.64. The molecule has 1 atom stereocenters. The third-order valence-electron chi connectivity index (χ3n) is 2.11. The Kier molecular flexibility index (Phi) is 3.56. The average molecular weight is 234 g/mol. The molecule has 0 bridgehead atoms. The standard InChI is InChI=1S/C9H16BrNO/c1-7(10)6-11(2)9(12)5-8-3-4-8/h7-8H,3-6H2,1-2H3. The number of halogens is 1. The zero-order valence-electron chi connectivity index (χ0n) is 7.72. The largest absolute Gasteiger partial charge is 0.345 e. The average Bonchev–Trinajstić information content (AvgIpc) is 2.70. The molecule has 1 aliphatic carbocycles. The third kappa shape index (κ3) is 3.57. The summed E-state index contributed by atoms with van der Waals surface area (Å²) in [5.41, 5.74) is 0. The van der Waals surface area contributed by atoms with E-state index in [2.05, 4.69) is 22.9 Å². The number of carbonyl (C=O) groups excluding carboxylic acids is 1. The lowest BCUT2D eigenvalue weighted by Crippen LogP contribution is -2.31. The number of nitrogens with zero attached hydrogens (tertiary/aromatic N) is 1. The van der Waals surface area contributed by atoms with Gasteiger partial charge in [0.2, 0.25) is 5.91 Å². The van der Waals surface area contributed by atoms with Gasteiger partial charge in [-0.05, 0) is 18.8 Å². The fourth-order valence-electron chi connectivity index (χ4n) is 1.20. The Morgan fingerprint density at radius 1 is 1.67 bits per heavy atom. The van der Waals surface area contributed by atoms with Gasteiger partial charge in [-0.25, -0.2) is 0 Å². The molecule has 0 saturated heterocycles. The van der Waals surface area contributed by atoms with Gasteiger partial charge in [-0.1, -0.05) is 22.9 Å². The van der Waals surface area contributed by atoms with E-state index in [0.29, 0.717) is 16.7 Å². The molecule has 0 spiro atoms. The summed E-state index contributed by atoms with van der Waals surface area (Å²) in [6.45, 7) is 2.87. The van der Waals surface area contributed by atoms with Crippen molar-refractivity contribution in [2.75, 3.05) is 13.6 Å². The minimum absolute atomic E-state index is 0.295. The highest BCUT2D eigenvalue weighted by atomic mass is 79.9. The van der Waals surface area contributed by atoms with E-state index >= 15 is 0 Å². The van der Waals surface area contributed by atoms with Crippen LogP contribution in [-0.4, -0.2) is 29.2 Å². The van der Waals surface area contributed by atoms with E-state index < -0.39 is 0 Å². The summed E-state index contributed by atoms with van der Waals surface area (Å²) < 4.78 is 0. The molecule has 1 amide bonds. The first-order chi connectivity index (χ1) is 5.59. The minimum Gasteiger partial charge on any atom is -0.345 e. The van der Waals surface area contributed by atoms with E-state index in [9.17, 15) is 4.79 Å². The van der Waals surface area contributed by atoms with Gasteiger partial charge in [-0.2, -0.15) is 0 Å². The topological polar surface area (TPSA) is 20.3 Å². The highest BCUT2D eigenvalue weighted by Crippen LogP contribution is 2.32. The number of carbonyl (C=O) groups is 1. The number of amides is 1. The molecule has 12 heavy (non-hydrogen) atoms. The molecule has 0 heterocycles. The Morgan fingerprint density at radius 3 is 2.67 bits per heavy atom. The van der Waals surface area contributed by atoms with Crippen molar-refractivity contribution in [3.8, 4) is 0 Å². The van der Waals surface area contributed by atoms with Gasteiger partial charge >= 0.3 is 0 Å². The van der Waals surface area contributed by atoms with Gasteiger partial charge in [0, 0.05) is 24.8 Å². The lowest BCUT2D eigenvalue weighted by Gasteiger charge is -2.18. The van der Waals surface area contributed by atoms with Crippen LogP contribution in [0.25, 0.3) is 0 Å². The van der Waals surface area contributed by atoms with Crippen LogP contribution in [0.5, 0.6) is 0 Å². The van der Waals surface area contributed by atoms with E-state index in [4.69, 9.17) is 0 Å². The van der Waals surface area contributed by atoms with E-state index in [0.717, 1.165) is 13.0 Å². The monoisotopic (exact) mass is 233 g/mol. The Balaban J connectivity index is 2.19. The van der Waals surface area contributed by atoms with Crippen LogP contribution >= 0.6 is 15.9 Å². The summed E-state index contributed by atoms with van der Waals surface area (Å²) in [4.78, 5) is 13.6. The maximum Gasteiger partial charge on any atom is 0.222 e. The Hall–Kier alpha value is -0.0500. The quantitative estimate of drug-likeness (QED) is 0.681.